The number of carbonyl (C=O) groups is 1. The van der Waals surface area contributed by atoms with Gasteiger partial charge in [0.25, 0.3) is 0 Å². The van der Waals surface area contributed by atoms with Gasteiger partial charge in [0, 0.05) is 24.3 Å². The summed E-state index contributed by atoms with van der Waals surface area (Å²) in [5, 5.41) is 6.00. The van der Waals surface area contributed by atoms with Gasteiger partial charge in [-0.15, -0.1) is 0 Å². The SMILES string of the molecule is O=C(Nc1cccc(C2OCCO2)c1)C1CNC1. The first-order valence-electron chi connectivity index (χ1n) is 6.18. The lowest BCUT2D eigenvalue weighted by Crippen LogP contribution is -2.48. The largest absolute Gasteiger partial charge is 0.346 e. The Kier molecular flexibility index (Phi) is 3.27. The van der Waals surface area contributed by atoms with Crippen LogP contribution in [0, 0.1) is 5.92 Å². The highest BCUT2D eigenvalue weighted by Crippen LogP contribution is 2.25. The third-order valence-corrected chi connectivity index (χ3v) is 3.20. The smallest absolute Gasteiger partial charge is 0.230 e. The zero-order chi connectivity index (χ0) is 12.4. The number of benzene rings is 1. The molecule has 1 aromatic carbocycles. The molecule has 2 aliphatic heterocycles. The second kappa shape index (κ2) is 5.06. The number of nitrogens with one attached hydrogen (secondary N) is 2. The molecule has 0 bridgehead atoms. The zero-order valence-electron chi connectivity index (χ0n) is 10.0. The van der Waals surface area contributed by atoms with E-state index in [1.54, 1.807) is 0 Å². The van der Waals surface area contributed by atoms with Gasteiger partial charge in [0.15, 0.2) is 6.29 Å². The maximum Gasteiger partial charge on any atom is 0.230 e. The van der Waals surface area contributed by atoms with Crippen molar-refractivity contribution in [3.63, 3.8) is 0 Å². The lowest BCUT2D eigenvalue weighted by atomic mass is 10.0. The molecule has 0 saturated carbocycles. The quantitative estimate of drug-likeness (QED) is 0.834. The Balaban J connectivity index is 1.68. The van der Waals surface area contributed by atoms with E-state index < -0.39 is 0 Å². The number of hydrogen-bond acceptors (Lipinski definition) is 4. The second-order valence-electron chi connectivity index (χ2n) is 4.54. The zero-order valence-corrected chi connectivity index (χ0v) is 10.0. The molecule has 1 aromatic rings. The molecule has 0 atom stereocenters. The van der Waals surface area contributed by atoms with Gasteiger partial charge in [-0.2, -0.15) is 0 Å². The van der Waals surface area contributed by atoms with Gasteiger partial charge < -0.3 is 20.1 Å². The molecule has 2 N–H and O–H groups in total. The Bertz CT molecular complexity index is 440. The first-order chi connectivity index (χ1) is 8.83. The van der Waals surface area contributed by atoms with Crippen LogP contribution in [0.4, 0.5) is 5.69 Å². The number of hydrogen-bond donors (Lipinski definition) is 2. The molecule has 0 spiro atoms. The highest BCUT2D eigenvalue weighted by atomic mass is 16.7. The van der Waals surface area contributed by atoms with Gasteiger partial charge in [-0.1, -0.05) is 12.1 Å². The van der Waals surface area contributed by atoms with E-state index in [1.165, 1.54) is 0 Å². The predicted molar refractivity (Wildman–Crippen MR) is 66.1 cm³/mol. The fourth-order valence-electron chi connectivity index (χ4n) is 2.03. The van der Waals surface area contributed by atoms with Crippen molar-refractivity contribution in [1.29, 1.82) is 0 Å². The minimum Gasteiger partial charge on any atom is -0.346 e. The number of ether oxygens (including phenoxy) is 2. The summed E-state index contributed by atoms with van der Waals surface area (Å²) in [6, 6.07) is 7.62. The van der Waals surface area contributed by atoms with Crippen molar-refractivity contribution in [1.82, 2.24) is 5.32 Å². The molecular weight excluding hydrogens is 232 g/mol. The van der Waals surface area contributed by atoms with Crippen molar-refractivity contribution in [2.45, 2.75) is 6.29 Å². The summed E-state index contributed by atoms with van der Waals surface area (Å²) in [6.45, 7) is 2.77. The van der Waals surface area contributed by atoms with Crippen LogP contribution in [0.5, 0.6) is 0 Å². The first-order valence-corrected chi connectivity index (χ1v) is 6.18. The van der Waals surface area contributed by atoms with Gasteiger partial charge in [0.05, 0.1) is 19.1 Å². The van der Waals surface area contributed by atoms with Gasteiger partial charge >= 0.3 is 0 Å². The molecule has 96 valence electrons. The van der Waals surface area contributed by atoms with Crippen LogP contribution in [-0.2, 0) is 14.3 Å². The van der Waals surface area contributed by atoms with E-state index in [4.69, 9.17) is 9.47 Å². The number of anilines is 1. The normalized spacial score (nSPS) is 20.7. The highest BCUT2D eigenvalue weighted by Gasteiger charge is 2.25. The van der Waals surface area contributed by atoms with E-state index in [9.17, 15) is 4.79 Å². The van der Waals surface area contributed by atoms with Crippen LogP contribution in [0.1, 0.15) is 11.9 Å². The summed E-state index contributed by atoms with van der Waals surface area (Å²) < 4.78 is 10.9. The molecule has 0 aliphatic carbocycles. The van der Waals surface area contributed by atoms with Crippen molar-refractivity contribution in [3.8, 4) is 0 Å². The number of rotatable bonds is 3. The standard InChI is InChI=1S/C13H16N2O3/c16-12(10-7-14-8-10)15-11-3-1-2-9(6-11)13-17-4-5-18-13/h1-3,6,10,13-14H,4-5,7-8H2,(H,15,16). The van der Waals surface area contributed by atoms with Gasteiger partial charge in [-0.25, -0.2) is 0 Å². The molecule has 0 radical (unpaired) electrons. The van der Waals surface area contributed by atoms with Gasteiger partial charge in [0.2, 0.25) is 5.91 Å². The summed E-state index contributed by atoms with van der Waals surface area (Å²) in [7, 11) is 0. The Morgan fingerprint density at radius 1 is 1.28 bits per heavy atom. The molecule has 2 heterocycles. The summed E-state index contributed by atoms with van der Waals surface area (Å²) >= 11 is 0. The van der Waals surface area contributed by atoms with Gasteiger partial charge in [-0.3, -0.25) is 4.79 Å². The molecule has 5 heteroatoms. The van der Waals surface area contributed by atoms with E-state index in [-0.39, 0.29) is 18.1 Å². The summed E-state index contributed by atoms with van der Waals surface area (Å²) in [6.07, 6.45) is -0.299. The molecule has 0 unspecified atom stereocenters. The minimum absolute atomic E-state index is 0.0687. The maximum atomic E-state index is 11.8. The molecule has 2 aliphatic rings. The Morgan fingerprint density at radius 3 is 2.72 bits per heavy atom. The monoisotopic (exact) mass is 248 g/mol. The first kappa shape index (κ1) is 11.6. The summed E-state index contributed by atoms with van der Waals surface area (Å²) in [5.74, 6) is 0.159. The molecule has 5 nitrogen and oxygen atoms in total. The van der Waals surface area contributed by atoms with E-state index in [0.29, 0.717) is 13.2 Å². The van der Waals surface area contributed by atoms with Crippen molar-refractivity contribution >= 4 is 11.6 Å². The topological polar surface area (TPSA) is 59.6 Å². The molecule has 1 amide bonds. The van der Waals surface area contributed by atoms with Crippen molar-refractivity contribution in [3.05, 3.63) is 29.8 Å². The lowest BCUT2D eigenvalue weighted by Gasteiger charge is -2.25. The van der Waals surface area contributed by atoms with E-state index in [0.717, 1.165) is 24.3 Å². The Hall–Kier alpha value is -1.43. The van der Waals surface area contributed by atoms with Crippen LogP contribution in [0.15, 0.2) is 24.3 Å². The fraction of sp³-hybridized carbons (Fsp3) is 0.462. The van der Waals surface area contributed by atoms with E-state index >= 15 is 0 Å². The molecule has 0 aromatic heterocycles. The summed E-state index contributed by atoms with van der Waals surface area (Å²) in [4.78, 5) is 11.8. The summed E-state index contributed by atoms with van der Waals surface area (Å²) in [5.41, 5.74) is 1.74. The Labute approximate surface area is 105 Å². The van der Waals surface area contributed by atoms with Gasteiger partial charge in [0.1, 0.15) is 0 Å². The molecule has 2 fully saturated rings. The van der Waals surface area contributed by atoms with Crippen LogP contribution in [0.2, 0.25) is 0 Å². The third-order valence-electron chi connectivity index (χ3n) is 3.20. The molecule has 2 saturated heterocycles. The van der Waals surface area contributed by atoms with Crippen LogP contribution in [-0.4, -0.2) is 32.2 Å². The lowest BCUT2D eigenvalue weighted by molar-refractivity contribution is -0.121. The van der Waals surface area contributed by atoms with Crippen LogP contribution < -0.4 is 10.6 Å². The third kappa shape index (κ3) is 2.38. The number of carbonyl (C=O) groups excluding carboxylic acids is 1. The van der Waals surface area contributed by atoms with Crippen molar-refractivity contribution in [2.75, 3.05) is 31.6 Å². The van der Waals surface area contributed by atoms with Crippen LogP contribution in [0.3, 0.4) is 0 Å². The molecule has 18 heavy (non-hydrogen) atoms. The molecular formula is C13H16N2O3. The van der Waals surface area contributed by atoms with E-state index in [2.05, 4.69) is 10.6 Å². The van der Waals surface area contributed by atoms with Crippen LogP contribution >= 0.6 is 0 Å². The fourth-order valence-corrected chi connectivity index (χ4v) is 2.03. The van der Waals surface area contributed by atoms with Crippen molar-refractivity contribution < 1.29 is 14.3 Å². The average Bonchev–Trinajstić information content (AvgIpc) is 2.80. The number of amides is 1. The van der Waals surface area contributed by atoms with E-state index in [1.807, 2.05) is 24.3 Å². The van der Waals surface area contributed by atoms with Crippen LogP contribution in [0.25, 0.3) is 0 Å². The second-order valence-corrected chi connectivity index (χ2v) is 4.54. The predicted octanol–water partition coefficient (Wildman–Crippen LogP) is 0.890. The maximum absolute atomic E-state index is 11.8. The minimum atomic E-state index is -0.299. The molecule has 3 rings (SSSR count). The van der Waals surface area contributed by atoms with Crippen molar-refractivity contribution in [2.24, 2.45) is 5.92 Å². The van der Waals surface area contributed by atoms with Gasteiger partial charge in [-0.05, 0) is 12.1 Å². The average molecular weight is 248 g/mol. The highest BCUT2D eigenvalue weighted by molar-refractivity contribution is 5.93. The Morgan fingerprint density at radius 2 is 2.06 bits per heavy atom.